The zero-order valence-corrected chi connectivity index (χ0v) is 18.1. The number of benzene rings is 1. The molecule has 1 aliphatic carbocycles. The van der Waals surface area contributed by atoms with Crippen LogP contribution in [0.3, 0.4) is 0 Å². The molecule has 0 amide bonds. The average molecular weight is 419 g/mol. The topological polar surface area (TPSA) is 71.9 Å². The molecule has 1 N–H and O–H groups in total. The summed E-state index contributed by atoms with van der Waals surface area (Å²) in [5.41, 5.74) is 5.09. The third kappa shape index (κ3) is 3.49. The third-order valence-corrected chi connectivity index (χ3v) is 7.51. The van der Waals surface area contributed by atoms with Crippen LogP contribution in [0.25, 0.3) is 11.3 Å². The molecule has 3 aromatic rings. The van der Waals surface area contributed by atoms with E-state index in [0.717, 1.165) is 51.4 Å². The van der Waals surface area contributed by atoms with E-state index in [1.165, 1.54) is 35.4 Å². The summed E-state index contributed by atoms with van der Waals surface area (Å²) >= 11 is 0. The molecule has 2 saturated heterocycles. The highest BCUT2D eigenvalue weighted by molar-refractivity contribution is 5.62. The van der Waals surface area contributed by atoms with Crippen molar-refractivity contribution in [1.29, 1.82) is 0 Å². The van der Waals surface area contributed by atoms with Gasteiger partial charge in [0.1, 0.15) is 12.2 Å². The number of nitrogens with zero attached hydrogens (tertiary/aromatic N) is 5. The summed E-state index contributed by atoms with van der Waals surface area (Å²) in [4.78, 5) is 2.60. The van der Waals surface area contributed by atoms with Crippen LogP contribution in [0.15, 0.2) is 36.8 Å². The van der Waals surface area contributed by atoms with Gasteiger partial charge in [0.05, 0.1) is 11.9 Å². The summed E-state index contributed by atoms with van der Waals surface area (Å²) in [5.74, 6) is 1.60. The van der Waals surface area contributed by atoms with Gasteiger partial charge in [-0.1, -0.05) is 29.8 Å². The van der Waals surface area contributed by atoms with Crippen LogP contribution in [0, 0.1) is 12.3 Å². The molecule has 3 fully saturated rings. The Bertz CT molecular complexity index is 1040. The number of ether oxygens (including phenoxy) is 1. The molecule has 7 nitrogen and oxygen atoms in total. The first-order valence-electron chi connectivity index (χ1n) is 11.5. The molecule has 1 unspecified atom stereocenters. The second kappa shape index (κ2) is 7.57. The molecule has 1 aromatic carbocycles. The van der Waals surface area contributed by atoms with E-state index in [1.807, 2.05) is 12.5 Å². The van der Waals surface area contributed by atoms with Gasteiger partial charge < -0.3 is 9.30 Å². The molecule has 2 aromatic heterocycles. The summed E-state index contributed by atoms with van der Waals surface area (Å²) < 4.78 is 8.13. The van der Waals surface area contributed by atoms with E-state index < -0.39 is 0 Å². The van der Waals surface area contributed by atoms with Crippen molar-refractivity contribution in [3.8, 4) is 11.3 Å². The molecule has 3 aliphatic rings. The predicted molar refractivity (Wildman–Crippen MR) is 118 cm³/mol. The lowest BCUT2D eigenvalue weighted by Gasteiger charge is -2.37. The zero-order chi connectivity index (χ0) is 20.8. The minimum atomic E-state index is 0.228. The number of aromatic amines is 1. The van der Waals surface area contributed by atoms with Crippen molar-refractivity contribution in [2.45, 2.75) is 51.1 Å². The number of hydrogen-bond acceptors (Lipinski definition) is 5. The number of nitrogens with one attached hydrogen (secondary N) is 1. The van der Waals surface area contributed by atoms with Crippen LogP contribution in [0.4, 0.5) is 0 Å². The van der Waals surface area contributed by atoms with Crippen molar-refractivity contribution in [1.82, 2.24) is 29.9 Å². The maximum atomic E-state index is 5.76. The number of hydrogen-bond donors (Lipinski definition) is 1. The summed E-state index contributed by atoms with van der Waals surface area (Å²) in [6.07, 6.45) is 8.66. The summed E-state index contributed by atoms with van der Waals surface area (Å²) in [7, 11) is 0. The second-order valence-electron chi connectivity index (χ2n) is 9.66. The maximum absolute atomic E-state index is 5.76. The third-order valence-electron chi connectivity index (χ3n) is 7.51. The molecule has 0 bridgehead atoms. The van der Waals surface area contributed by atoms with Gasteiger partial charge in [-0.05, 0) is 43.6 Å². The van der Waals surface area contributed by atoms with Crippen molar-refractivity contribution in [3.05, 3.63) is 53.7 Å². The Morgan fingerprint density at radius 3 is 2.74 bits per heavy atom. The van der Waals surface area contributed by atoms with Gasteiger partial charge in [-0.3, -0.25) is 10.00 Å². The molecule has 1 atom stereocenters. The summed E-state index contributed by atoms with van der Waals surface area (Å²) in [6.45, 7) is 6.82. The molecule has 162 valence electrons. The van der Waals surface area contributed by atoms with Gasteiger partial charge in [-0.25, -0.2) is 0 Å². The van der Waals surface area contributed by atoms with Gasteiger partial charge in [0.25, 0.3) is 0 Å². The van der Waals surface area contributed by atoms with Gasteiger partial charge in [-0.2, -0.15) is 5.10 Å². The Morgan fingerprint density at radius 1 is 1.16 bits per heavy atom. The minimum Gasteiger partial charge on any atom is -0.381 e. The van der Waals surface area contributed by atoms with Gasteiger partial charge >= 0.3 is 0 Å². The van der Waals surface area contributed by atoms with Crippen LogP contribution >= 0.6 is 0 Å². The summed E-state index contributed by atoms with van der Waals surface area (Å²) in [6, 6.07) is 9.29. The molecule has 1 spiro atoms. The Balaban J connectivity index is 1.28. The molecule has 4 heterocycles. The average Bonchev–Trinajstić information content (AvgIpc) is 3.18. The second-order valence-corrected chi connectivity index (χ2v) is 9.66. The lowest BCUT2D eigenvalue weighted by atomic mass is 9.71. The zero-order valence-electron chi connectivity index (χ0n) is 18.1. The first kappa shape index (κ1) is 19.2. The fourth-order valence-corrected chi connectivity index (χ4v) is 5.61. The number of likely N-dealkylation sites (tertiary alicyclic amines) is 1. The monoisotopic (exact) mass is 418 g/mol. The Kier molecular flexibility index (Phi) is 4.69. The molecule has 31 heavy (non-hydrogen) atoms. The van der Waals surface area contributed by atoms with Crippen LogP contribution in [-0.4, -0.2) is 56.2 Å². The molecule has 6 rings (SSSR count). The Morgan fingerprint density at radius 2 is 1.97 bits per heavy atom. The number of aryl methyl sites for hydroxylation is 1. The lowest BCUT2D eigenvalue weighted by molar-refractivity contribution is 0.0104. The van der Waals surface area contributed by atoms with Crippen molar-refractivity contribution in [3.63, 3.8) is 0 Å². The van der Waals surface area contributed by atoms with Crippen molar-refractivity contribution in [2.24, 2.45) is 5.41 Å². The van der Waals surface area contributed by atoms with E-state index >= 15 is 0 Å². The van der Waals surface area contributed by atoms with Gasteiger partial charge in [0.15, 0.2) is 0 Å². The SMILES string of the molecule is Cc1ccc(-c2[nH]ncc2CN2CC(c3nncn3C3CC3)C3(CCOCC3)C2)cc1. The number of aromatic nitrogens is 5. The summed E-state index contributed by atoms with van der Waals surface area (Å²) in [5, 5.41) is 16.6. The van der Waals surface area contributed by atoms with E-state index in [-0.39, 0.29) is 5.41 Å². The van der Waals surface area contributed by atoms with Crippen LogP contribution in [0.1, 0.15) is 54.6 Å². The van der Waals surface area contributed by atoms with Crippen LogP contribution in [-0.2, 0) is 11.3 Å². The van der Waals surface area contributed by atoms with Gasteiger partial charge in [-0.15, -0.1) is 10.2 Å². The van der Waals surface area contributed by atoms with Crippen molar-refractivity contribution >= 4 is 0 Å². The van der Waals surface area contributed by atoms with Crippen LogP contribution in [0.5, 0.6) is 0 Å². The van der Waals surface area contributed by atoms with Gasteiger partial charge in [0, 0.05) is 50.4 Å². The first-order chi connectivity index (χ1) is 15.2. The van der Waals surface area contributed by atoms with Crippen LogP contribution < -0.4 is 0 Å². The highest BCUT2D eigenvalue weighted by Crippen LogP contribution is 2.50. The molecular weight excluding hydrogens is 388 g/mol. The lowest BCUT2D eigenvalue weighted by Crippen LogP contribution is -2.37. The molecule has 0 radical (unpaired) electrons. The normalized spacial score (nSPS) is 23.6. The van der Waals surface area contributed by atoms with E-state index in [2.05, 4.69) is 61.1 Å². The highest BCUT2D eigenvalue weighted by atomic mass is 16.5. The number of rotatable bonds is 5. The quantitative estimate of drug-likeness (QED) is 0.684. The van der Waals surface area contributed by atoms with E-state index in [4.69, 9.17) is 4.74 Å². The predicted octanol–water partition coefficient (Wildman–Crippen LogP) is 3.71. The number of H-pyrrole nitrogens is 1. The standard InChI is InChI=1S/C24H30N6O/c1-17-2-4-18(5-3-17)22-19(12-25-27-22)13-29-14-21(24(15-29)8-10-31-11-9-24)23-28-26-16-30(23)20-6-7-20/h2-5,12,16,20-21H,6-11,13-15H2,1H3,(H,25,27). The maximum Gasteiger partial charge on any atom is 0.138 e. The van der Waals surface area contributed by atoms with Gasteiger partial charge in [0.2, 0.25) is 0 Å². The van der Waals surface area contributed by atoms with Crippen molar-refractivity contribution in [2.75, 3.05) is 26.3 Å². The fourth-order valence-electron chi connectivity index (χ4n) is 5.61. The Hall–Kier alpha value is -2.51. The van der Waals surface area contributed by atoms with E-state index in [1.54, 1.807) is 0 Å². The van der Waals surface area contributed by atoms with E-state index in [0.29, 0.717) is 12.0 Å². The molecule has 1 saturated carbocycles. The molecule has 2 aliphatic heterocycles. The smallest absolute Gasteiger partial charge is 0.138 e. The largest absolute Gasteiger partial charge is 0.381 e. The Labute approximate surface area is 182 Å². The fraction of sp³-hybridized carbons (Fsp3) is 0.542. The minimum absolute atomic E-state index is 0.228. The highest BCUT2D eigenvalue weighted by Gasteiger charge is 2.50. The van der Waals surface area contributed by atoms with E-state index in [9.17, 15) is 0 Å². The molecular formula is C24H30N6O. The van der Waals surface area contributed by atoms with Crippen molar-refractivity contribution < 1.29 is 4.74 Å². The molecule has 7 heteroatoms. The van der Waals surface area contributed by atoms with Crippen LogP contribution in [0.2, 0.25) is 0 Å². The first-order valence-corrected chi connectivity index (χ1v) is 11.5.